The Labute approximate surface area is 196 Å². The molecule has 2 aromatic carbocycles. The Balaban J connectivity index is 1.30. The van der Waals surface area contributed by atoms with Crippen LogP contribution in [0.2, 0.25) is 0 Å². The summed E-state index contributed by atoms with van der Waals surface area (Å²) in [5.74, 6) is 2.75. The Bertz CT molecular complexity index is 968. The predicted octanol–water partition coefficient (Wildman–Crippen LogP) is 3.82. The number of hydroxylamine groups is 2. The van der Waals surface area contributed by atoms with E-state index in [0.717, 1.165) is 55.9 Å². The zero-order valence-electron chi connectivity index (χ0n) is 20.3. The predicted molar refractivity (Wildman–Crippen MR) is 128 cm³/mol. The molecule has 1 amide bonds. The van der Waals surface area contributed by atoms with Gasteiger partial charge in [0.05, 0.1) is 20.8 Å². The largest absolute Gasteiger partial charge is 0.493 e. The summed E-state index contributed by atoms with van der Waals surface area (Å²) in [6.45, 7) is 6.06. The lowest BCUT2D eigenvalue weighted by Crippen LogP contribution is -2.43. The van der Waals surface area contributed by atoms with Gasteiger partial charge >= 0.3 is 0 Å². The Morgan fingerprint density at radius 3 is 2.39 bits per heavy atom. The molecule has 2 aliphatic heterocycles. The highest BCUT2D eigenvalue weighted by Crippen LogP contribution is 2.45. The summed E-state index contributed by atoms with van der Waals surface area (Å²) >= 11 is 0. The molecule has 7 nitrogen and oxygen atoms in total. The van der Waals surface area contributed by atoms with Gasteiger partial charge in [0.1, 0.15) is 0 Å². The molecular formula is C26H35N3O4. The lowest BCUT2D eigenvalue weighted by atomic mass is 9.90. The average molecular weight is 454 g/mol. The van der Waals surface area contributed by atoms with Crippen molar-refractivity contribution in [2.24, 2.45) is 5.92 Å². The van der Waals surface area contributed by atoms with Crippen molar-refractivity contribution in [1.82, 2.24) is 14.9 Å². The third-order valence-corrected chi connectivity index (χ3v) is 6.90. The number of hydrogen-bond donors (Lipinski definition) is 0. The van der Waals surface area contributed by atoms with Crippen molar-refractivity contribution < 1.29 is 19.1 Å². The smallest absolute Gasteiger partial charge is 0.253 e. The summed E-state index contributed by atoms with van der Waals surface area (Å²) in [7, 11) is 6.85. The maximum absolute atomic E-state index is 12.1. The first-order valence-electron chi connectivity index (χ1n) is 11.6. The average Bonchev–Trinajstić information content (AvgIpc) is 3.27. The van der Waals surface area contributed by atoms with Crippen molar-refractivity contribution in [3.63, 3.8) is 0 Å². The molecule has 2 heterocycles. The first-order chi connectivity index (χ1) is 15.9. The molecule has 4 rings (SSSR count). The molecule has 0 spiro atoms. The highest BCUT2D eigenvalue weighted by molar-refractivity contribution is 5.93. The minimum atomic E-state index is 0.0405. The lowest BCUT2D eigenvalue weighted by Gasteiger charge is -2.37. The van der Waals surface area contributed by atoms with Crippen LogP contribution in [0, 0.1) is 5.92 Å². The van der Waals surface area contributed by atoms with Crippen LogP contribution in [0.3, 0.4) is 0 Å². The third kappa shape index (κ3) is 4.94. The molecule has 0 aromatic heterocycles. The summed E-state index contributed by atoms with van der Waals surface area (Å²) in [5.41, 5.74) is 3.11. The van der Waals surface area contributed by atoms with Gasteiger partial charge in [-0.3, -0.25) is 9.69 Å². The maximum Gasteiger partial charge on any atom is 0.253 e. The second-order valence-corrected chi connectivity index (χ2v) is 9.21. The molecule has 1 atom stereocenters. The van der Waals surface area contributed by atoms with Crippen molar-refractivity contribution in [3.05, 3.63) is 53.1 Å². The first-order valence-corrected chi connectivity index (χ1v) is 11.6. The van der Waals surface area contributed by atoms with Crippen LogP contribution in [-0.2, 0) is 13.1 Å². The van der Waals surface area contributed by atoms with E-state index >= 15 is 0 Å². The van der Waals surface area contributed by atoms with Crippen molar-refractivity contribution in [3.8, 4) is 17.2 Å². The van der Waals surface area contributed by atoms with Crippen LogP contribution in [0.25, 0.3) is 0 Å². The summed E-state index contributed by atoms with van der Waals surface area (Å²) in [4.78, 5) is 22.4. The van der Waals surface area contributed by atoms with Crippen LogP contribution in [0.15, 0.2) is 36.4 Å². The topological polar surface area (TPSA) is 54.5 Å². The SMILES string of the molecule is COc1ccc2c(c1OC)ON(C(C)C1CCN(Cc3ccc(C(=O)N(C)C)cc3)CC1)C2. The second-order valence-electron chi connectivity index (χ2n) is 9.21. The zero-order chi connectivity index (χ0) is 23.5. The van der Waals surface area contributed by atoms with Crippen LogP contribution in [0.4, 0.5) is 0 Å². The summed E-state index contributed by atoms with van der Waals surface area (Å²) in [6, 6.07) is 12.3. The fourth-order valence-electron chi connectivity index (χ4n) is 4.81. The van der Waals surface area contributed by atoms with Crippen molar-refractivity contribution in [2.45, 2.75) is 38.9 Å². The van der Waals surface area contributed by atoms with Gasteiger partial charge in [0, 0.05) is 37.8 Å². The van der Waals surface area contributed by atoms with Crippen LogP contribution in [0.5, 0.6) is 17.2 Å². The van der Waals surface area contributed by atoms with Gasteiger partial charge in [-0.05, 0) is 68.6 Å². The normalized spacial score (nSPS) is 17.8. The second kappa shape index (κ2) is 10.0. The minimum Gasteiger partial charge on any atom is -0.493 e. The molecule has 1 fully saturated rings. The Kier molecular flexibility index (Phi) is 7.10. The number of methoxy groups -OCH3 is 2. The fraction of sp³-hybridized carbons (Fsp3) is 0.500. The van der Waals surface area contributed by atoms with Gasteiger partial charge in [-0.15, -0.1) is 5.06 Å². The van der Waals surface area contributed by atoms with E-state index in [4.69, 9.17) is 14.3 Å². The summed E-state index contributed by atoms with van der Waals surface area (Å²) < 4.78 is 11.0. The van der Waals surface area contributed by atoms with Gasteiger partial charge in [0.2, 0.25) is 5.75 Å². The number of benzene rings is 2. The van der Waals surface area contributed by atoms with Crippen LogP contribution < -0.4 is 14.3 Å². The number of hydrogen-bond acceptors (Lipinski definition) is 6. The van der Waals surface area contributed by atoms with Gasteiger partial charge in [0.25, 0.3) is 5.91 Å². The van der Waals surface area contributed by atoms with E-state index in [1.54, 1.807) is 33.2 Å². The zero-order valence-corrected chi connectivity index (χ0v) is 20.3. The van der Waals surface area contributed by atoms with Gasteiger partial charge in [-0.2, -0.15) is 0 Å². The van der Waals surface area contributed by atoms with Crippen LogP contribution in [-0.4, -0.2) is 68.2 Å². The lowest BCUT2D eigenvalue weighted by molar-refractivity contribution is -0.101. The molecule has 0 bridgehead atoms. The van der Waals surface area contributed by atoms with E-state index in [1.807, 2.05) is 18.2 Å². The number of carbonyl (C=O) groups excluding carboxylic acids is 1. The Hall–Kier alpha value is -2.77. The molecule has 1 unspecified atom stereocenters. The number of piperidine rings is 1. The molecule has 0 radical (unpaired) electrons. The quantitative estimate of drug-likeness (QED) is 0.635. The van der Waals surface area contributed by atoms with Crippen molar-refractivity contribution in [2.75, 3.05) is 41.4 Å². The Morgan fingerprint density at radius 1 is 1.09 bits per heavy atom. The Morgan fingerprint density at radius 2 is 1.79 bits per heavy atom. The molecule has 7 heteroatoms. The van der Waals surface area contributed by atoms with E-state index in [2.05, 4.69) is 35.1 Å². The van der Waals surface area contributed by atoms with Crippen LogP contribution in [0.1, 0.15) is 41.3 Å². The highest BCUT2D eigenvalue weighted by Gasteiger charge is 2.35. The summed E-state index contributed by atoms with van der Waals surface area (Å²) in [6.07, 6.45) is 2.27. The van der Waals surface area contributed by atoms with E-state index in [-0.39, 0.29) is 5.91 Å². The first kappa shape index (κ1) is 23.4. The minimum absolute atomic E-state index is 0.0405. The standard InChI is InChI=1S/C26H35N3O4/c1-18(29-17-22-10-11-23(31-4)25(32-5)24(22)33-29)20-12-14-28(15-13-20)16-19-6-8-21(9-7-19)26(30)27(2)3/h6-11,18,20H,12-17H2,1-5H3. The monoisotopic (exact) mass is 453 g/mol. The van der Waals surface area contributed by atoms with E-state index in [0.29, 0.717) is 23.5 Å². The van der Waals surface area contributed by atoms with E-state index in [1.165, 1.54) is 5.56 Å². The molecule has 0 aliphatic carbocycles. The number of rotatable bonds is 7. The molecule has 2 aromatic rings. The van der Waals surface area contributed by atoms with E-state index < -0.39 is 0 Å². The van der Waals surface area contributed by atoms with Crippen molar-refractivity contribution in [1.29, 1.82) is 0 Å². The number of ether oxygens (including phenoxy) is 2. The molecule has 178 valence electrons. The molecule has 0 N–H and O–H groups in total. The molecule has 2 aliphatic rings. The van der Waals surface area contributed by atoms with Gasteiger partial charge in [-0.25, -0.2) is 0 Å². The molecule has 0 saturated carbocycles. The van der Waals surface area contributed by atoms with Gasteiger partial charge in [0.15, 0.2) is 11.5 Å². The molecule has 1 saturated heterocycles. The van der Waals surface area contributed by atoms with Crippen molar-refractivity contribution >= 4 is 5.91 Å². The van der Waals surface area contributed by atoms with Gasteiger partial charge in [-0.1, -0.05) is 12.1 Å². The van der Waals surface area contributed by atoms with Crippen LogP contribution >= 0.6 is 0 Å². The highest BCUT2D eigenvalue weighted by atomic mass is 16.7. The molecular weight excluding hydrogens is 418 g/mol. The number of likely N-dealkylation sites (tertiary alicyclic amines) is 1. The van der Waals surface area contributed by atoms with Gasteiger partial charge < -0.3 is 19.2 Å². The number of carbonyl (C=O) groups is 1. The molecule has 33 heavy (non-hydrogen) atoms. The number of fused-ring (bicyclic) bond motifs is 1. The summed E-state index contributed by atoms with van der Waals surface area (Å²) in [5, 5.41) is 2.09. The maximum atomic E-state index is 12.1. The number of amides is 1. The number of nitrogens with zero attached hydrogens (tertiary/aromatic N) is 3. The van der Waals surface area contributed by atoms with E-state index in [9.17, 15) is 4.79 Å². The fourth-order valence-corrected chi connectivity index (χ4v) is 4.81. The third-order valence-electron chi connectivity index (χ3n) is 6.90.